The summed E-state index contributed by atoms with van der Waals surface area (Å²) in [5.41, 5.74) is 0.458. The topological polar surface area (TPSA) is 155 Å². The molecule has 3 rings (SSSR count). The Hall–Kier alpha value is -2.63. The first-order valence-electron chi connectivity index (χ1n) is 8.09. The average Bonchev–Trinajstić information content (AvgIpc) is 2.67. The van der Waals surface area contributed by atoms with Gasteiger partial charge in [0, 0.05) is 6.07 Å². The molecule has 1 aliphatic heterocycles. The molecule has 10 nitrogen and oxygen atoms in total. The molecule has 1 aromatic heterocycles. The fourth-order valence-corrected chi connectivity index (χ4v) is 2.81. The van der Waals surface area contributed by atoms with Gasteiger partial charge in [-0.3, -0.25) is 0 Å². The molecule has 5 atom stereocenters. The minimum Gasteiger partial charge on any atom is -0.453 e. The number of pyridine rings is 1. The highest BCUT2D eigenvalue weighted by Gasteiger charge is 2.43. The van der Waals surface area contributed by atoms with Crippen molar-refractivity contribution in [3.05, 3.63) is 58.3 Å². The first-order valence-corrected chi connectivity index (χ1v) is 8.09. The van der Waals surface area contributed by atoms with E-state index >= 15 is 0 Å². The second kappa shape index (κ2) is 7.94. The summed E-state index contributed by atoms with van der Waals surface area (Å²) in [4.78, 5) is 13.7. The number of nitrogens with zero attached hydrogens (tertiary/aromatic N) is 2. The second-order valence-corrected chi connectivity index (χ2v) is 6.03. The molecule has 0 spiro atoms. The number of hydrogen-bond acceptors (Lipinski definition) is 9. The van der Waals surface area contributed by atoms with Gasteiger partial charge in [0.2, 0.25) is 0 Å². The van der Waals surface area contributed by atoms with Gasteiger partial charge in [-0.25, -0.2) is 0 Å². The predicted molar refractivity (Wildman–Crippen MR) is 90.1 cm³/mol. The molecule has 0 saturated carbocycles. The van der Waals surface area contributed by atoms with Crippen molar-refractivity contribution in [2.45, 2.75) is 30.5 Å². The molecule has 3 unspecified atom stereocenters. The Morgan fingerprint density at radius 2 is 1.89 bits per heavy atom. The zero-order valence-electron chi connectivity index (χ0n) is 14.0. The van der Waals surface area contributed by atoms with E-state index in [2.05, 4.69) is 4.98 Å². The van der Waals surface area contributed by atoms with Crippen molar-refractivity contribution >= 4 is 5.82 Å². The zero-order chi connectivity index (χ0) is 19.6. The van der Waals surface area contributed by atoms with E-state index < -0.39 is 42.1 Å². The number of aliphatic hydroxyl groups is 4. The van der Waals surface area contributed by atoms with Crippen molar-refractivity contribution in [1.82, 2.24) is 4.98 Å². The molecule has 0 amide bonds. The van der Waals surface area contributed by atoms with E-state index in [4.69, 9.17) is 9.47 Å². The van der Waals surface area contributed by atoms with Gasteiger partial charge >= 0.3 is 5.82 Å². The molecule has 1 fully saturated rings. The maximum Gasteiger partial charge on any atom is 0.363 e. The predicted octanol–water partition coefficient (Wildman–Crippen LogP) is 0.297. The molecule has 0 aliphatic carbocycles. The Morgan fingerprint density at radius 1 is 1.11 bits per heavy atom. The van der Waals surface area contributed by atoms with Crippen LogP contribution in [-0.4, -0.2) is 61.4 Å². The van der Waals surface area contributed by atoms with E-state index in [0.717, 1.165) is 0 Å². The fraction of sp³-hybridized carbons (Fsp3) is 0.353. The van der Waals surface area contributed by atoms with Gasteiger partial charge in [0.25, 0.3) is 0 Å². The number of hydrogen-bond donors (Lipinski definition) is 4. The summed E-state index contributed by atoms with van der Waals surface area (Å²) in [5, 5.41) is 49.9. The highest BCUT2D eigenvalue weighted by atomic mass is 16.6. The number of benzene rings is 1. The standard InChI is InChI=1S/C17H18N2O8/c20-8-12-14(21)15(22)16(23)17(27-12)9-2-1-3-10(6-9)26-11-4-5-13(18-7-11)19(24)25/h1-7,12,14-17,20-23H,8H2/t12?,14-,15?,16?,17-/m1/s1. The minimum absolute atomic E-state index is 0.270. The number of rotatable bonds is 5. The maximum atomic E-state index is 10.6. The third-order valence-corrected chi connectivity index (χ3v) is 4.22. The smallest absolute Gasteiger partial charge is 0.363 e. The molecule has 0 bridgehead atoms. The Bertz CT molecular complexity index is 798. The molecule has 144 valence electrons. The summed E-state index contributed by atoms with van der Waals surface area (Å²) >= 11 is 0. The number of aromatic nitrogens is 1. The van der Waals surface area contributed by atoms with Crippen LogP contribution < -0.4 is 4.74 Å². The molecule has 2 aromatic rings. The summed E-state index contributed by atoms with van der Waals surface area (Å²) in [5.74, 6) is 0.309. The molecule has 1 aromatic carbocycles. The maximum absolute atomic E-state index is 10.6. The van der Waals surface area contributed by atoms with Crippen LogP contribution in [0.1, 0.15) is 11.7 Å². The van der Waals surface area contributed by atoms with Crippen LogP contribution in [0, 0.1) is 10.1 Å². The summed E-state index contributed by atoms with van der Waals surface area (Å²) in [7, 11) is 0. The van der Waals surface area contributed by atoms with Crippen LogP contribution in [0.25, 0.3) is 0 Å². The van der Waals surface area contributed by atoms with Crippen LogP contribution in [0.15, 0.2) is 42.6 Å². The zero-order valence-corrected chi connectivity index (χ0v) is 14.0. The Morgan fingerprint density at radius 3 is 2.52 bits per heavy atom. The van der Waals surface area contributed by atoms with Crippen LogP contribution in [0.2, 0.25) is 0 Å². The summed E-state index contributed by atoms with van der Waals surface area (Å²) in [6.45, 7) is -0.522. The van der Waals surface area contributed by atoms with E-state index in [1.54, 1.807) is 24.3 Å². The van der Waals surface area contributed by atoms with Gasteiger partial charge in [-0.05, 0) is 33.7 Å². The van der Waals surface area contributed by atoms with E-state index in [0.29, 0.717) is 11.3 Å². The van der Waals surface area contributed by atoms with Crippen molar-refractivity contribution in [3.8, 4) is 11.5 Å². The Balaban J connectivity index is 1.79. The van der Waals surface area contributed by atoms with Crippen molar-refractivity contribution in [1.29, 1.82) is 0 Å². The molecule has 1 aliphatic rings. The van der Waals surface area contributed by atoms with Crippen molar-refractivity contribution < 1.29 is 34.8 Å². The SMILES string of the molecule is O=[N+]([O-])c1ccc(Oc2cccc([C@H]3OC(CO)[C@@H](O)C(O)C3O)c2)cn1. The molecule has 10 heteroatoms. The summed E-state index contributed by atoms with van der Waals surface area (Å²) < 4.78 is 11.1. The van der Waals surface area contributed by atoms with Crippen LogP contribution in [0.3, 0.4) is 0 Å². The van der Waals surface area contributed by atoms with Crippen LogP contribution in [0.4, 0.5) is 5.82 Å². The first kappa shape index (κ1) is 19.1. The second-order valence-electron chi connectivity index (χ2n) is 6.03. The summed E-state index contributed by atoms with van der Waals surface area (Å²) in [6, 6.07) is 9.03. The van der Waals surface area contributed by atoms with Gasteiger partial charge in [-0.15, -0.1) is 0 Å². The van der Waals surface area contributed by atoms with Gasteiger partial charge in [0.15, 0.2) is 11.9 Å². The number of aliphatic hydroxyl groups excluding tert-OH is 4. The lowest BCUT2D eigenvalue weighted by molar-refractivity contribution is -0.389. The van der Waals surface area contributed by atoms with Crippen LogP contribution in [0.5, 0.6) is 11.5 Å². The van der Waals surface area contributed by atoms with Crippen LogP contribution >= 0.6 is 0 Å². The Kier molecular flexibility index (Phi) is 5.63. The largest absolute Gasteiger partial charge is 0.453 e. The van der Waals surface area contributed by atoms with Crippen molar-refractivity contribution in [2.75, 3.05) is 6.61 Å². The lowest BCUT2D eigenvalue weighted by Crippen LogP contribution is -2.55. The molecule has 27 heavy (non-hydrogen) atoms. The third kappa shape index (κ3) is 4.04. The lowest BCUT2D eigenvalue weighted by atomic mass is 9.91. The number of ether oxygens (including phenoxy) is 2. The molecule has 4 N–H and O–H groups in total. The van der Waals surface area contributed by atoms with E-state index in [-0.39, 0.29) is 11.6 Å². The Labute approximate surface area is 153 Å². The number of nitro groups is 1. The molecular formula is C17H18N2O8. The van der Waals surface area contributed by atoms with E-state index in [9.17, 15) is 30.5 Å². The van der Waals surface area contributed by atoms with Crippen LogP contribution in [-0.2, 0) is 4.74 Å². The quantitative estimate of drug-likeness (QED) is 0.424. The van der Waals surface area contributed by atoms with E-state index in [1.807, 2.05) is 0 Å². The molecule has 0 radical (unpaired) electrons. The van der Waals surface area contributed by atoms with Gasteiger partial charge in [0.05, 0.1) is 6.61 Å². The van der Waals surface area contributed by atoms with E-state index in [1.165, 1.54) is 18.3 Å². The van der Waals surface area contributed by atoms with Gasteiger partial charge in [-0.1, -0.05) is 12.1 Å². The average molecular weight is 378 g/mol. The molecule has 1 saturated heterocycles. The molecular weight excluding hydrogens is 360 g/mol. The highest BCUT2D eigenvalue weighted by molar-refractivity contribution is 5.36. The monoisotopic (exact) mass is 378 g/mol. The van der Waals surface area contributed by atoms with Gasteiger partial charge in [0.1, 0.15) is 36.3 Å². The molecule has 2 heterocycles. The van der Waals surface area contributed by atoms with Crippen molar-refractivity contribution in [3.63, 3.8) is 0 Å². The summed E-state index contributed by atoms with van der Waals surface area (Å²) in [6.07, 6.45) is -5.12. The first-order chi connectivity index (χ1) is 12.9. The van der Waals surface area contributed by atoms with Gasteiger partial charge < -0.3 is 40.0 Å². The third-order valence-electron chi connectivity index (χ3n) is 4.22. The normalized spacial score (nSPS) is 27.9. The fourth-order valence-electron chi connectivity index (χ4n) is 2.81. The van der Waals surface area contributed by atoms with Crippen molar-refractivity contribution in [2.24, 2.45) is 0 Å². The minimum atomic E-state index is -1.48. The highest BCUT2D eigenvalue weighted by Crippen LogP contribution is 2.34. The lowest BCUT2D eigenvalue weighted by Gasteiger charge is -2.40. The van der Waals surface area contributed by atoms with Gasteiger partial charge in [-0.2, -0.15) is 0 Å².